The molecule has 1 fully saturated rings. The second kappa shape index (κ2) is 6.91. The van der Waals surface area contributed by atoms with Crippen molar-refractivity contribution in [3.8, 4) is 5.75 Å². The molecule has 6 nitrogen and oxygen atoms in total. The minimum Gasteiger partial charge on any atom is -0.484 e. The zero-order chi connectivity index (χ0) is 15.3. The van der Waals surface area contributed by atoms with E-state index in [1.807, 2.05) is 6.07 Å². The van der Waals surface area contributed by atoms with Crippen LogP contribution in [-0.4, -0.2) is 42.3 Å². The number of ether oxygens (including phenoxy) is 2. The van der Waals surface area contributed by atoms with Crippen LogP contribution in [0.25, 0.3) is 0 Å². The molecule has 1 amide bonds. The topological polar surface area (TPSA) is 84.9 Å². The van der Waals surface area contributed by atoms with Gasteiger partial charge in [-0.3, -0.25) is 4.79 Å². The third kappa shape index (κ3) is 4.18. The van der Waals surface area contributed by atoms with Crippen molar-refractivity contribution in [2.75, 3.05) is 19.8 Å². The molecule has 0 aliphatic carbocycles. The van der Waals surface area contributed by atoms with E-state index in [1.165, 1.54) is 0 Å². The molecular weight excluding hydrogens is 342 g/mol. The van der Waals surface area contributed by atoms with Crippen LogP contribution in [0.15, 0.2) is 28.7 Å². The Balaban J connectivity index is 1.92. The molecule has 0 aromatic heterocycles. The van der Waals surface area contributed by atoms with Crippen molar-refractivity contribution in [2.24, 2.45) is 0 Å². The number of carboxylic acid groups (broad SMARTS) is 1. The van der Waals surface area contributed by atoms with Gasteiger partial charge in [-0.25, -0.2) is 4.79 Å². The molecule has 0 unspecified atom stereocenters. The molecule has 0 bridgehead atoms. The summed E-state index contributed by atoms with van der Waals surface area (Å²) in [5, 5.41) is 11.9. The van der Waals surface area contributed by atoms with Gasteiger partial charge >= 0.3 is 5.97 Å². The van der Waals surface area contributed by atoms with Crippen LogP contribution < -0.4 is 10.1 Å². The minimum absolute atomic E-state index is 0.230. The molecule has 0 spiro atoms. The fourth-order valence-electron chi connectivity index (χ4n) is 2.12. The number of aliphatic carboxylic acids is 1. The van der Waals surface area contributed by atoms with E-state index in [2.05, 4.69) is 21.2 Å². The average molecular weight is 358 g/mol. The normalized spacial score (nSPS) is 17.0. The Morgan fingerprint density at radius 2 is 2.10 bits per heavy atom. The molecule has 0 atom stereocenters. The molecule has 1 aliphatic heterocycles. The van der Waals surface area contributed by atoms with Crippen molar-refractivity contribution in [3.63, 3.8) is 0 Å². The number of benzene rings is 1. The quantitative estimate of drug-likeness (QED) is 0.835. The van der Waals surface area contributed by atoms with Gasteiger partial charge in [0, 0.05) is 30.5 Å². The van der Waals surface area contributed by atoms with Crippen molar-refractivity contribution < 1.29 is 24.2 Å². The first kappa shape index (κ1) is 15.8. The van der Waals surface area contributed by atoms with E-state index >= 15 is 0 Å². The minimum atomic E-state index is -1.25. The van der Waals surface area contributed by atoms with Crippen LogP contribution in [0, 0.1) is 0 Å². The maximum Gasteiger partial charge on any atom is 0.329 e. The first-order valence-electron chi connectivity index (χ1n) is 6.52. The first-order valence-corrected chi connectivity index (χ1v) is 7.32. The second-order valence-electron chi connectivity index (χ2n) is 4.79. The molecule has 2 N–H and O–H groups in total. The summed E-state index contributed by atoms with van der Waals surface area (Å²) >= 11 is 3.30. The third-order valence-corrected chi connectivity index (χ3v) is 3.79. The van der Waals surface area contributed by atoms with Crippen molar-refractivity contribution in [1.82, 2.24) is 5.32 Å². The molecule has 1 aromatic carbocycles. The Morgan fingerprint density at radius 1 is 1.38 bits per heavy atom. The molecule has 1 aromatic rings. The van der Waals surface area contributed by atoms with E-state index in [0.29, 0.717) is 19.0 Å². The van der Waals surface area contributed by atoms with E-state index in [4.69, 9.17) is 9.47 Å². The van der Waals surface area contributed by atoms with E-state index in [-0.39, 0.29) is 19.4 Å². The van der Waals surface area contributed by atoms with E-state index in [1.54, 1.807) is 18.2 Å². The van der Waals surface area contributed by atoms with E-state index in [0.717, 1.165) is 4.47 Å². The number of carbonyl (C=O) groups is 2. The lowest BCUT2D eigenvalue weighted by Gasteiger charge is -2.33. The van der Waals surface area contributed by atoms with Crippen LogP contribution in [0.3, 0.4) is 0 Å². The molecular formula is C14H16BrNO5. The van der Waals surface area contributed by atoms with Crippen LogP contribution in [0.4, 0.5) is 0 Å². The van der Waals surface area contributed by atoms with Gasteiger partial charge in [0.15, 0.2) is 6.61 Å². The molecule has 0 radical (unpaired) electrons. The second-order valence-corrected chi connectivity index (χ2v) is 5.71. The van der Waals surface area contributed by atoms with E-state index < -0.39 is 17.4 Å². The van der Waals surface area contributed by atoms with Gasteiger partial charge in [-0.2, -0.15) is 0 Å². The fourth-order valence-corrected chi connectivity index (χ4v) is 2.50. The largest absolute Gasteiger partial charge is 0.484 e. The summed E-state index contributed by atoms with van der Waals surface area (Å²) in [6.45, 7) is 0.407. The number of hydrogen-bond acceptors (Lipinski definition) is 4. The number of hydrogen-bond donors (Lipinski definition) is 2. The van der Waals surface area contributed by atoms with Gasteiger partial charge in [-0.1, -0.05) is 22.0 Å². The lowest BCUT2D eigenvalue weighted by Crippen LogP contribution is -2.58. The van der Waals surface area contributed by atoms with Gasteiger partial charge < -0.3 is 19.9 Å². The third-order valence-electron chi connectivity index (χ3n) is 3.30. The smallest absolute Gasteiger partial charge is 0.329 e. The SMILES string of the molecule is O=C(COc1cccc(Br)c1)NC1(C(=O)O)CCOCC1. The van der Waals surface area contributed by atoms with E-state index in [9.17, 15) is 14.7 Å². The average Bonchev–Trinajstić information content (AvgIpc) is 2.46. The molecule has 114 valence electrons. The summed E-state index contributed by atoms with van der Waals surface area (Å²) in [4.78, 5) is 23.3. The summed E-state index contributed by atoms with van der Waals surface area (Å²) < 4.78 is 11.3. The summed E-state index contributed by atoms with van der Waals surface area (Å²) in [5.41, 5.74) is -1.25. The summed E-state index contributed by atoms with van der Waals surface area (Å²) in [5.74, 6) is -0.961. The molecule has 1 aliphatic rings. The highest BCUT2D eigenvalue weighted by Gasteiger charge is 2.41. The highest BCUT2D eigenvalue weighted by molar-refractivity contribution is 9.10. The van der Waals surface area contributed by atoms with Crippen LogP contribution in [-0.2, 0) is 14.3 Å². The summed E-state index contributed by atoms with van der Waals surface area (Å²) in [6.07, 6.45) is 0.510. The first-order chi connectivity index (χ1) is 10.0. The van der Waals surface area contributed by atoms with Crippen LogP contribution in [0.5, 0.6) is 5.75 Å². The number of nitrogens with one attached hydrogen (secondary N) is 1. The Morgan fingerprint density at radius 3 is 2.71 bits per heavy atom. The van der Waals surface area contributed by atoms with Crippen molar-refractivity contribution in [1.29, 1.82) is 0 Å². The monoisotopic (exact) mass is 357 g/mol. The predicted octanol–water partition coefficient (Wildman–Crippen LogP) is 1.58. The molecule has 2 rings (SSSR count). The maximum atomic E-state index is 11.9. The zero-order valence-electron chi connectivity index (χ0n) is 11.3. The number of amides is 1. The van der Waals surface area contributed by atoms with Gasteiger partial charge in [-0.15, -0.1) is 0 Å². The summed E-state index contributed by atoms with van der Waals surface area (Å²) in [7, 11) is 0. The zero-order valence-corrected chi connectivity index (χ0v) is 12.9. The van der Waals surface area contributed by atoms with Gasteiger partial charge in [-0.05, 0) is 18.2 Å². The van der Waals surface area contributed by atoms with Crippen molar-refractivity contribution in [3.05, 3.63) is 28.7 Å². The van der Waals surface area contributed by atoms with Crippen LogP contribution >= 0.6 is 15.9 Å². The molecule has 1 saturated heterocycles. The molecule has 0 saturated carbocycles. The van der Waals surface area contributed by atoms with Gasteiger partial charge in [0.25, 0.3) is 5.91 Å². The lowest BCUT2D eigenvalue weighted by atomic mass is 9.90. The van der Waals surface area contributed by atoms with Crippen LogP contribution in [0.1, 0.15) is 12.8 Å². The molecule has 7 heteroatoms. The number of halogens is 1. The highest BCUT2D eigenvalue weighted by Crippen LogP contribution is 2.21. The van der Waals surface area contributed by atoms with Crippen molar-refractivity contribution in [2.45, 2.75) is 18.4 Å². The summed E-state index contributed by atoms with van der Waals surface area (Å²) in [6, 6.07) is 7.08. The van der Waals surface area contributed by atoms with Crippen LogP contribution in [0.2, 0.25) is 0 Å². The Kier molecular flexibility index (Phi) is 5.19. The number of rotatable bonds is 5. The number of carbonyl (C=O) groups excluding carboxylic acids is 1. The Labute approximate surface area is 130 Å². The van der Waals surface area contributed by atoms with Gasteiger partial charge in [0.2, 0.25) is 0 Å². The van der Waals surface area contributed by atoms with Crippen molar-refractivity contribution >= 4 is 27.8 Å². The predicted molar refractivity (Wildman–Crippen MR) is 78.2 cm³/mol. The lowest BCUT2D eigenvalue weighted by molar-refractivity contribution is -0.152. The maximum absolute atomic E-state index is 11.9. The Hall–Kier alpha value is -1.60. The number of carboxylic acids is 1. The molecule has 1 heterocycles. The van der Waals surface area contributed by atoms with Gasteiger partial charge in [0.1, 0.15) is 11.3 Å². The standard InChI is InChI=1S/C14H16BrNO5/c15-10-2-1-3-11(8-10)21-9-12(17)16-14(13(18)19)4-6-20-7-5-14/h1-3,8H,4-7,9H2,(H,16,17)(H,18,19). The fraction of sp³-hybridized carbons (Fsp3) is 0.429. The highest BCUT2D eigenvalue weighted by atomic mass is 79.9. The Bertz CT molecular complexity index is 528. The molecule has 21 heavy (non-hydrogen) atoms. The van der Waals surface area contributed by atoms with Gasteiger partial charge in [0.05, 0.1) is 0 Å².